The summed E-state index contributed by atoms with van der Waals surface area (Å²) in [6.07, 6.45) is 4.74. The zero-order chi connectivity index (χ0) is 21.2. The fourth-order valence-electron chi connectivity index (χ4n) is 3.05. The van der Waals surface area contributed by atoms with Crippen molar-refractivity contribution in [1.29, 1.82) is 0 Å². The normalized spacial score (nSPS) is 10.8. The predicted molar refractivity (Wildman–Crippen MR) is 118 cm³/mol. The first-order chi connectivity index (χ1) is 15.2. The Bertz CT molecular complexity index is 1370. The average Bonchev–Trinajstić information content (AvgIpc) is 3.55. The lowest BCUT2D eigenvalue weighted by molar-refractivity contribution is 0.0995. The Morgan fingerprint density at radius 3 is 2.61 bits per heavy atom. The number of furan rings is 1. The molecule has 0 unspecified atom stereocenters. The quantitative estimate of drug-likeness (QED) is 0.426. The van der Waals surface area contributed by atoms with Crippen LogP contribution in [0.4, 0.5) is 10.7 Å². The third-order valence-corrected chi connectivity index (χ3v) is 5.52. The Labute approximate surface area is 180 Å². The van der Waals surface area contributed by atoms with Crippen molar-refractivity contribution in [3.63, 3.8) is 0 Å². The third kappa shape index (κ3) is 3.81. The summed E-state index contributed by atoms with van der Waals surface area (Å²) >= 11 is 1.17. The van der Waals surface area contributed by atoms with Crippen LogP contribution in [0.3, 0.4) is 0 Å². The summed E-state index contributed by atoms with van der Waals surface area (Å²) in [4.78, 5) is 33.9. The Morgan fingerprint density at radius 2 is 1.81 bits per heavy atom. The number of amides is 2. The van der Waals surface area contributed by atoms with Gasteiger partial charge in [-0.3, -0.25) is 14.2 Å². The number of carbonyl (C=O) groups is 2. The van der Waals surface area contributed by atoms with Crippen LogP contribution in [0.25, 0.3) is 16.9 Å². The summed E-state index contributed by atoms with van der Waals surface area (Å²) in [5, 5.41) is 6.07. The molecule has 0 aliphatic carbocycles. The molecule has 9 heteroatoms. The van der Waals surface area contributed by atoms with Crippen LogP contribution in [0, 0.1) is 0 Å². The maximum atomic E-state index is 12.6. The van der Waals surface area contributed by atoms with Crippen molar-refractivity contribution in [2.24, 2.45) is 0 Å². The molecule has 5 aromatic rings. The lowest BCUT2D eigenvalue weighted by Gasteiger charge is -2.06. The van der Waals surface area contributed by atoms with Gasteiger partial charge >= 0.3 is 0 Å². The highest BCUT2D eigenvalue weighted by Crippen LogP contribution is 2.24. The van der Waals surface area contributed by atoms with Crippen LogP contribution in [0.2, 0.25) is 0 Å². The van der Waals surface area contributed by atoms with Crippen molar-refractivity contribution in [2.75, 3.05) is 10.6 Å². The van der Waals surface area contributed by atoms with Gasteiger partial charge in [0.2, 0.25) is 0 Å². The standard InChI is InChI=1S/C22H15N5O3S/c28-21(17-6-3-11-30-17)26-20-10-8-18(31-20)22(29)25-14-7-9-19(23-12-14)27-13-24-15-4-1-2-5-16(15)27/h1-13H,(H,25,29)(H,26,28). The molecule has 0 aliphatic heterocycles. The summed E-state index contributed by atoms with van der Waals surface area (Å²) in [6, 6.07) is 17.9. The summed E-state index contributed by atoms with van der Waals surface area (Å²) < 4.78 is 6.94. The molecule has 8 nitrogen and oxygen atoms in total. The van der Waals surface area contributed by atoms with E-state index in [4.69, 9.17) is 4.42 Å². The van der Waals surface area contributed by atoms with E-state index in [-0.39, 0.29) is 17.6 Å². The zero-order valence-electron chi connectivity index (χ0n) is 16.0. The smallest absolute Gasteiger partial charge is 0.291 e. The predicted octanol–water partition coefficient (Wildman–Crippen LogP) is 4.58. The summed E-state index contributed by atoms with van der Waals surface area (Å²) in [7, 11) is 0. The summed E-state index contributed by atoms with van der Waals surface area (Å²) in [5.74, 6) is 0.249. The van der Waals surface area contributed by atoms with Crippen molar-refractivity contribution in [3.05, 3.63) is 90.1 Å². The van der Waals surface area contributed by atoms with Crippen molar-refractivity contribution in [1.82, 2.24) is 14.5 Å². The third-order valence-electron chi connectivity index (χ3n) is 4.52. The fourth-order valence-corrected chi connectivity index (χ4v) is 3.84. The van der Waals surface area contributed by atoms with Gasteiger partial charge in [-0.15, -0.1) is 11.3 Å². The minimum atomic E-state index is -0.370. The van der Waals surface area contributed by atoms with Crippen LogP contribution in [0.5, 0.6) is 0 Å². The first kappa shape index (κ1) is 18.8. The minimum absolute atomic E-state index is 0.205. The second kappa shape index (κ2) is 7.88. The Balaban J connectivity index is 1.27. The summed E-state index contributed by atoms with van der Waals surface area (Å²) in [6.45, 7) is 0. The number of rotatable bonds is 5. The van der Waals surface area contributed by atoms with Gasteiger partial charge in [-0.25, -0.2) is 9.97 Å². The topological polar surface area (TPSA) is 102 Å². The molecule has 0 atom stereocenters. The van der Waals surface area contributed by atoms with Crippen LogP contribution in [0.15, 0.2) is 83.9 Å². The lowest BCUT2D eigenvalue weighted by atomic mass is 10.3. The number of pyridine rings is 1. The maximum absolute atomic E-state index is 12.6. The van der Waals surface area contributed by atoms with E-state index in [1.54, 1.807) is 42.9 Å². The van der Waals surface area contributed by atoms with Crippen LogP contribution in [-0.4, -0.2) is 26.3 Å². The molecule has 1 aromatic carbocycles. The first-order valence-electron chi connectivity index (χ1n) is 9.32. The van der Waals surface area contributed by atoms with Crippen molar-refractivity contribution in [3.8, 4) is 5.82 Å². The average molecular weight is 429 g/mol. The zero-order valence-corrected chi connectivity index (χ0v) is 16.8. The van der Waals surface area contributed by atoms with Crippen molar-refractivity contribution < 1.29 is 14.0 Å². The van der Waals surface area contributed by atoms with Gasteiger partial charge in [0, 0.05) is 0 Å². The molecule has 31 heavy (non-hydrogen) atoms. The molecule has 5 rings (SSSR count). The molecule has 2 amide bonds. The van der Waals surface area contributed by atoms with Gasteiger partial charge < -0.3 is 15.1 Å². The number of imidazole rings is 1. The highest BCUT2D eigenvalue weighted by molar-refractivity contribution is 7.18. The first-order valence-corrected chi connectivity index (χ1v) is 10.1. The molecule has 4 heterocycles. The van der Waals surface area contributed by atoms with Gasteiger partial charge in [-0.2, -0.15) is 0 Å². The largest absolute Gasteiger partial charge is 0.459 e. The second-order valence-electron chi connectivity index (χ2n) is 6.56. The highest BCUT2D eigenvalue weighted by atomic mass is 32.1. The van der Waals surface area contributed by atoms with Crippen LogP contribution in [0.1, 0.15) is 20.2 Å². The van der Waals surface area contributed by atoms with Gasteiger partial charge in [0.15, 0.2) is 5.76 Å². The summed E-state index contributed by atoms with van der Waals surface area (Å²) in [5.41, 5.74) is 2.40. The Morgan fingerprint density at radius 1 is 0.903 bits per heavy atom. The number of hydrogen-bond donors (Lipinski definition) is 2. The monoisotopic (exact) mass is 429 g/mol. The Kier molecular flexibility index (Phi) is 4.77. The molecule has 0 bridgehead atoms. The molecule has 0 spiro atoms. The number of anilines is 2. The fraction of sp³-hybridized carbons (Fsp3) is 0. The molecule has 2 N–H and O–H groups in total. The van der Waals surface area contributed by atoms with Crippen molar-refractivity contribution >= 4 is 44.9 Å². The van der Waals surface area contributed by atoms with Gasteiger partial charge in [-0.1, -0.05) is 12.1 Å². The van der Waals surface area contributed by atoms with E-state index < -0.39 is 0 Å². The lowest BCUT2D eigenvalue weighted by Crippen LogP contribution is -2.11. The number of hydrogen-bond acceptors (Lipinski definition) is 6. The minimum Gasteiger partial charge on any atom is -0.459 e. The van der Waals surface area contributed by atoms with Crippen molar-refractivity contribution in [2.45, 2.75) is 0 Å². The molecule has 4 aromatic heterocycles. The second-order valence-corrected chi connectivity index (χ2v) is 7.64. The van der Waals surface area contributed by atoms with Gasteiger partial charge in [0.05, 0.1) is 39.1 Å². The SMILES string of the molecule is O=C(Nc1ccc(C(=O)Nc2ccc(-n3cnc4ccccc43)nc2)s1)c1ccco1. The molecule has 152 valence electrons. The maximum Gasteiger partial charge on any atom is 0.291 e. The van der Waals surface area contributed by atoms with E-state index in [0.717, 1.165) is 11.0 Å². The molecular weight excluding hydrogens is 414 g/mol. The highest BCUT2D eigenvalue weighted by Gasteiger charge is 2.14. The van der Waals surface area contributed by atoms with Gasteiger partial charge in [0.25, 0.3) is 11.8 Å². The van der Waals surface area contributed by atoms with Crippen LogP contribution in [-0.2, 0) is 0 Å². The molecule has 0 radical (unpaired) electrons. The van der Waals surface area contributed by atoms with E-state index in [1.807, 2.05) is 34.9 Å². The van der Waals surface area contributed by atoms with E-state index in [2.05, 4.69) is 20.6 Å². The molecule has 0 saturated heterocycles. The van der Waals surface area contributed by atoms with E-state index in [9.17, 15) is 9.59 Å². The van der Waals surface area contributed by atoms with Gasteiger partial charge in [-0.05, 0) is 48.5 Å². The van der Waals surface area contributed by atoms with E-state index in [0.29, 0.717) is 21.4 Å². The molecular formula is C22H15N5O3S. The van der Waals surface area contributed by atoms with Crippen LogP contribution >= 0.6 is 11.3 Å². The Hall–Kier alpha value is -4.24. The number of nitrogens with one attached hydrogen (secondary N) is 2. The number of nitrogens with zero attached hydrogens (tertiary/aromatic N) is 3. The number of fused-ring (bicyclic) bond motifs is 1. The van der Waals surface area contributed by atoms with Crippen LogP contribution < -0.4 is 10.6 Å². The van der Waals surface area contributed by atoms with E-state index in [1.165, 1.54) is 17.6 Å². The number of para-hydroxylation sites is 2. The number of benzene rings is 1. The van der Waals surface area contributed by atoms with E-state index >= 15 is 0 Å². The number of thiophene rings is 1. The van der Waals surface area contributed by atoms with Gasteiger partial charge in [0.1, 0.15) is 12.1 Å². The number of carbonyl (C=O) groups excluding carboxylic acids is 2. The molecule has 0 fully saturated rings. The molecule has 0 saturated carbocycles. The molecule has 0 aliphatic rings. The number of aromatic nitrogens is 3.